The molecule has 0 spiro atoms. The van der Waals surface area contributed by atoms with Crippen molar-refractivity contribution in [3.8, 4) is 10.8 Å². The molecular formula is C17H16Cl2N4O2S2. The van der Waals surface area contributed by atoms with E-state index in [0.29, 0.717) is 27.7 Å². The van der Waals surface area contributed by atoms with Gasteiger partial charge in [-0.25, -0.2) is 4.98 Å². The van der Waals surface area contributed by atoms with Crippen LogP contribution in [-0.2, 0) is 11.3 Å². The molecule has 0 saturated carbocycles. The molecule has 0 aliphatic heterocycles. The summed E-state index contributed by atoms with van der Waals surface area (Å²) in [6.07, 6.45) is 0. The van der Waals surface area contributed by atoms with Crippen LogP contribution in [0.25, 0.3) is 10.8 Å². The Hall–Kier alpha value is -1.61. The van der Waals surface area contributed by atoms with E-state index in [1.54, 1.807) is 24.1 Å². The first-order chi connectivity index (χ1) is 12.8. The molecule has 0 unspecified atom stereocenters. The predicted molar refractivity (Wildman–Crippen MR) is 109 cm³/mol. The maximum Gasteiger partial charge on any atom is 0.277 e. The minimum Gasteiger partial charge on any atom is -0.410 e. The van der Waals surface area contributed by atoms with Crippen molar-refractivity contribution in [2.24, 2.45) is 0 Å². The van der Waals surface area contributed by atoms with Gasteiger partial charge in [0, 0.05) is 13.6 Å². The zero-order chi connectivity index (χ0) is 19.6. The second-order valence-electron chi connectivity index (χ2n) is 5.81. The van der Waals surface area contributed by atoms with E-state index in [-0.39, 0.29) is 11.7 Å². The summed E-state index contributed by atoms with van der Waals surface area (Å²) < 4.78 is 5.65. The number of aryl methyl sites for hydroxylation is 2. The monoisotopic (exact) mass is 442 g/mol. The first-order valence-corrected chi connectivity index (χ1v) is 10.5. The smallest absolute Gasteiger partial charge is 0.277 e. The molecule has 0 fully saturated rings. The Kier molecular flexibility index (Phi) is 6.41. The first kappa shape index (κ1) is 20.1. The average Bonchev–Trinajstić information content (AvgIpc) is 3.21. The molecule has 3 aromatic rings. The highest BCUT2D eigenvalue weighted by atomic mass is 35.5. The van der Waals surface area contributed by atoms with Crippen LogP contribution in [0.1, 0.15) is 16.3 Å². The molecule has 142 valence electrons. The second-order valence-corrected chi connectivity index (χ2v) is 8.75. The van der Waals surface area contributed by atoms with Crippen LogP contribution in [0.2, 0.25) is 10.0 Å². The summed E-state index contributed by atoms with van der Waals surface area (Å²) in [6.45, 7) is 4.26. The molecule has 2 heterocycles. The number of carbonyl (C=O) groups excluding carboxylic acids is 1. The van der Waals surface area contributed by atoms with Crippen LogP contribution in [-0.4, -0.2) is 38.8 Å². The Morgan fingerprint density at radius 2 is 2.04 bits per heavy atom. The number of thiazole rings is 1. The van der Waals surface area contributed by atoms with Crippen LogP contribution in [0.15, 0.2) is 27.8 Å². The summed E-state index contributed by atoms with van der Waals surface area (Å²) in [5.41, 5.74) is 1.76. The van der Waals surface area contributed by atoms with Gasteiger partial charge in [0.15, 0.2) is 0 Å². The van der Waals surface area contributed by atoms with Crippen molar-refractivity contribution in [1.29, 1.82) is 0 Å². The lowest BCUT2D eigenvalue weighted by molar-refractivity contribution is -0.127. The van der Waals surface area contributed by atoms with E-state index in [9.17, 15) is 4.79 Å². The van der Waals surface area contributed by atoms with Gasteiger partial charge in [0.2, 0.25) is 5.91 Å². The van der Waals surface area contributed by atoms with E-state index in [2.05, 4.69) is 15.2 Å². The minimum absolute atomic E-state index is 0.0596. The molecule has 2 aromatic heterocycles. The second kappa shape index (κ2) is 8.60. The third kappa shape index (κ3) is 5.01. The third-order valence-electron chi connectivity index (χ3n) is 3.65. The number of hydrogen-bond acceptors (Lipinski definition) is 7. The topological polar surface area (TPSA) is 72.1 Å². The van der Waals surface area contributed by atoms with Gasteiger partial charge in [-0.05, 0) is 31.5 Å². The lowest BCUT2D eigenvalue weighted by Crippen LogP contribution is -2.27. The number of rotatable bonds is 6. The van der Waals surface area contributed by atoms with Crippen LogP contribution in [0.3, 0.4) is 0 Å². The largest absolute Gasteiger partial charge is 0.410 e. The molecule has 1 aromatic carbocycles. The van der Waals surface area contributed by atoms with E-state index < -0.39 is 0 Å². The average molecular weight is 443 g/mol. The van der Waals surface area contributed by atoms with Crippen molar-refractivity contribution in [3.05, 3.63) is 44.5 Å². The molecule has 0 bridgehead atoms. The standard InChI is InChI=1S/C17H16Cl2N4O2S2/c1-9-15(27-10(2)20-9)16-21-22-17(25-16)26-8-14(24)23(3)7-11-4-5-12(18)13(19)6-11/h4-6H,7-8H2,1-3H3. The first-order valence-electron chi connectivity index (χ1n) is 7.92. The summed E-state index contributed by atoms with van der Waals surface area (Å²) in [4.78, 5) is 19.2. The number of nitrogens with zero attached hydrogens (tertiary/aromatic N) is 4. The van der Waals surface area contributed by atoms with Gasteiger partial charge >= 0.3 is 0 Å². The van der Waals surface area contributed by atoms with E-state index >= 15 is 0 Å². The fraction of sp³-hybridized carbons (Fsp3) is 0.294. The van der Waals surface area contributed by atoms with Crippen LogP contribution in [0.5, 0.6) is 0 Å². The number of amides is 1. The van der Waals surface area contributed by atoms with Gasteiger partial charge in [-0.2, -0.15) is 0 Å². The Balaban J connectivity index is 1.57. The molecule has 0 saturated heterocycles. The maximum atomic E-state index is 12.4. The Morgan fingerprint density at radius 1 is 1.26 bits per heavy atom. The highest BCUT2D eigenvalue weighted by Crippen LogP contribution is 2.30. The molecule has 6 nitrogen and oxygen atoms in total. The summed E-state index contributed by atoms with van der Waals surface area (Å²) in [5.74, 6) is 0.563. The normalized spacial score (nSPS) is 11.0. The van der Waals surface area contributed by atoms with Gasteiger partial charge in [-0.3, -0.25) is 4.79 Å². The van der Waals surface area contributed by atoms with Crippen LogP contribution in [0.4, 0.5) is 0 Å². The Bertz CT molecular complexity index is 974. The molecule has 27 heavy (non-hydrogen) atoms. The highest BCUT2D eigenvalue weighted by molar-refractivity contribution is 7.99. The molecule has 0 radical (unpaired) electrons. The third-order valence-corrected chi connectivity index (χ3v) is 6.26. The van der Waals surface area contributed by atoms with E-state index in [1.807, 2.05) is 19.9 Å². The molecule has 0 aliphatic rings. The summed E-state index contributed by atoms with van der Waals surface area (Å²) in [7, 11) is 1.73. The van der Waals surface area contributed by atoms with Crippen molar-refractivity contribution >= 4 is 52.2 Å². The number of aromatic nitrogens is 3. The number of thioether (sulfide) groups is 1. The van der Waals surface area contributed by atoms with Gasteiger partial charge in [-0.15, -0.1) is 21.5 Å². The quantitative estimate of drug-likeness (QED) is 0.507. The maximum absolute atomic E-state index is 12.4. The van der Waals surface area contributed by atoms with Crippen molar-refractivity contribution in [3.63, 3.8) is 0 Å². The van der Waals surface area contributed by atoms with Gasteiger partial charge in [-0.1, -0.05) is 41.0 Å². The summed E-state index contributed by atoms with van der Waals surface area (Å²) in [6, 6.07) is 5.31. The van der Waals surface area contributed by atoms with Crippen molar-refractivity contribution in [2.45, 2.75) is 25.6 Å². The molecule has 3 rings (SSSR count). The van der Waals surface area contributed by atoms with E-state index in [4.69, 9.17) is 27.6 Å². The highest BCUT2D eigenvalue weighted by Gasteiger charge is 2.17. The van der Waals surface area contributed by atoms with Crippen LogP contribution < -0.4 is 0 Å². The molecule has 0 N–H and O–H groups in total. The predicted octanol–water partition coefficient (Wildman–Crippen LogP) is 4.87. The minimum atomic E-state index is -0.0596. The molecule has 10 heteroatoms. The van der Waals surface area contributed by atoms with Crippen molar-refractivity contribution in [1.82, 2.24) is 20.1 Å². The van der Waals surface area contributed by atoms with Crippen LogP contribution >= 0.6 is 46.3 Å². The van der Waals surface area contributed by atoms with E-state index in [0.717, 1.165) is 21.1 Å². The summed E-state index contributed by atoms with van der Waals surface area (Å²) in [5, 5.41) is 10.3. The molecule has 1 amide bonds. The number of carbonyl (C=O) groups is 1. The number of hydrogen-bond donors (Lipinski definition) is 0. The lowest BCUT2D eigenvalue weighted by Gasteiger charge is -2.17. The SMILES string of the molecule is Cc1nc(C)c(-c2nnc(SCC(=O)N(C)Cc3ccc(Cl)c(Cl)c3)o2)s1. The molecular weight excluding hydrogens is 427 g/mol. The van der Waals surface area contributed by atoms with Gasteiger partial charge < -0.3 is 9.32 Å². The fourth-order valence-corrected chi connectivity index (χ4v) is 4.19. The van der Waals surface area contributed by atoms with E-state index in [1.165, 1.54) is 23.1 Å². The zero-order valence-electron chi connectivity index (χ0n) is 14.8. The lowest BCUT2D eigenvalue weighted by atomic mass is 10.2. The van der Waals surface area contributed by atoms with Crippen molar-refractivity contribution in [2.75, 3.05) is 12.8 Å². The number of halogens is 2. The number of benzene rings is 1. The van der Waals surface area contributed by atoms with Gasteiger partial charge in [0.1, 0.15) is 4.88 Å². The van der Waals surface area contributed by atoms with Gasteiger partial charge in [0.25, 0.3) is 11.1 Å². The Morgan fingerprint density at radius 3 is 2.70 bits per heavy atom. The molecule has 0 atom stereocenters. The Labute approximate surface area is 174 Å². The summed E-state index contributed by atoms with van der Waals surface area (Å²) >= 11 is 14.6. The van der Waals surface area contributed by atoms with Crippen molar-refractivity contribution < 1.29 is 9.21 Å². The van der Waals surface area contributed by atoms with Crippen LogP contribution in [0, 0.1) is 13.8 Å². The molecule has 0 aliphatic carbocycles. The van der Waals surface area contributed by atoms with Gasteiger partial charge in [0.05, 0.1) is 26.5 Å². The zero-order valence-corrected chi connectivity index (χ0v) is 18.0. The fourth-order valence-electron chi connectivity index (χ4n) is 2.32.